The van der Waals surface area contributed by atoms with E-state index in [4.69, 9.17) is 4.74 Å². The van der Waals surface area contributed by atoms with Crippen LogP contribution in [0.3, 0.4) is 0 Å². The molecule has 110 valence electrons. The van der Waals surface area contributed by atoms with Gasteiger partial charge in [0.2, 0.25) is 0 Å². The van der Waals surface area contributed by atoms with Crippen molar-refractivity contribution in [3.63, 3.8) is 0 Å². The molecule has 2 fully saturated rings. The average Bonchev–Trinajstić information content (AvgIpc) is 3.10. The molecular formula is C17H25NO2. The first-order valence-electron chi connectivity index (χ1n) is 7.87. The van der Waals surface area contributed by atoms with Crippen LogP contribution < -0.4 is 0 Å². The molecule has 3 heteroatoms. The van der Waals surface area contributed by atoms with Gasteiger partial charge in [-0.1, -0.05) is 43.2 Å². The summed E-state index contributed by atoms with van der Waals surface area (Å²) in [5, 5.41) is 9.42. The van der Waals surface area contributed by atoms with Gasteiger partial charge in [-0.3, -0.25) is 4.90 Å². The Kier molecular flexibility index (Phi) is 4.39. The summed E-state index contributed by atoms with van der Waals surface area (Å²) in [4.78, 5) is 2.44. The normalized spacial score (nSPS) is 24.8. The Morgan fingerprint density at radius 3 is 2.65 bits per heavy atom. The zero-order chi connectivity index (χ0) is 13.8. The van der Waals surface area contributed by atoms with Gasteiger partial charge in [-0.15, -0.1) is 0 Å². The minimum Gasteiger partial charge on any atom is -0.395 e. The molecule has 1 saturated carbocycles. The summed E-state index contributed by atoms with van der Waals surface area (Å²) in [6.45, 7) is 2.75. The third kappa shape index (κ3) is 2.76. The van der Waals surface area contributed by atoms with Gasteiger partial charge in [-0.05, 0) is 24.8 Å². The van der Waals surface area contributed by atoms with Crippen molar-refractivity contribution in [1.29, 1.82) is 0 Å². The fourth-order valence-corrected chi connectivity index (χ4v) is 3.99. The quantitative estimate of drug-likeness (QED) is 0.896. The molecule has 0 aromatic heterocycles. The SMILES string of the molecule is OCCN(Cc1ccccc1)C1CCOC12CCCC2. The lowest BCUT2D eigenvalue weighted by molar-refractivity contribution is -0.0390. The lowest BCUT2D eigenvalue weighted by atomic mass is 9.90. The monoisotopic (exact) mass is 275 g/mol. The number of hydrogen-bond acceptors (Lipinski definition) is 3. The Bertz CT molecular complexity index is 409. The summed E-state index contributed by atoms with van der Waals surface area (Å²) in [5.74, 6) is 0. The van der Waals surface area contributed by atoms with E-state index in [9.17, 15) is 5.11 Å². The zero-order valence-corrected chi connectivity index (χ0v) is 12.1. The Hall–Kier alpha value is -0.900. The Morgan fingerprint density at radius 1 is 1.20 bits per heavy atom. The van der Waals surface area contributed by atoms with E-state index in [1.807, 2.05) is 0 Å². The molecule has 3 rings (SSSR count). The predicted molar refractivity (Wildman–Crippen MR) is 79.5 cm³/mol. The molecule has 2 aliphatic rings. The van der Waals surface area contributed by atoms with Gasteiger partial charge < -0.3 is 9.84 Å². The van der Waals surface area contributed by atoms with Gasteiger partial charge in [-0.2, -0.15) is 0 Å². The maximum atomic E-state index is 9.42. The fourth-order valence-electron chi connectivity index (χ4n) is 3.99. The van der Waals surface area contributed by atoms with E-state index in [1.165, 1.54) is 31.2 Å². The Balaban J connectivity index is 1.76. The fraction of sp³-hybridized carbons (Fsp3) is 0.647. The molecule has 1 aromatic carbocycles. The van der Waals surface area contributed by atoms with Crippen LogP contribution in [0.2, 0.25) is 0 Å². The molecular weight excluding hydrogens is 250 g/mol. The van der Waals surface area contributed by atoms with Crippen LogP contribution in [0, 0.1) is 0 Å². The van der Waals surface area contributed by atoms with Crippen molar-refractivity contribution < 1.29 is 9.84 Å². The van der Waals surface area contributed by atoms with Gasteiger partial charge in [0, 0.05) is 25.7 Å². The number of rotatable bonds is 5. The van der Waals surface area contributed by atoms with Crippen LogP contribution in [0.25, 0.3) is 0 Å². The van der Waals surface area contributed by atoms with E-state index in [-0.39, 0.29) is 12.2 Å². The lowest BCUT2D eigenvalue weighted by Gasteiger charge is -2.38. The number of aliphatic hydroxyl groups is 1. The van der Waals surface area contributed by atoms with Crippen LogP contribution in [0.4, 0.5) is 0 Å². The summed E-state index contributed by atoms with van der Waals surface area (Å²) in [5.41, 5.74) is 1.39. The molecule has 1 heterocycles. The van der Waals surface area contributed by atoms with E-state index in [2.05, 4.69) is 35.2 Å². The maximum absolute atomic E-state index is 9.42. The van der Waals surface area contributed by atoms with Crippen LogP contribution in [-0.4, -0.2) is 41.4 Å². The Morgan fingerprint density at radius 2 is 1.95 bits per heavy atom. The van der Waals surface area contributed by atoms with Gasteiger partial charge in [0.15, 0.2) is 0 Å². The first kappa shape index (κ1) is 14.1. The van der Waals surface area contributed by atoms with Gasteiger partial charge in [0.25, 0.3) is 0 Å². The molecule has 1 unspecified atom stereocenters. The van der Waals surface area contributed by atoms with E-state index in [0.29, 0.717) is 6.04 Å². The molecule has 0 bridgehead atoms. The summed E-state index contributed by atoms with van der Waals surface area (Å²) < 4.78 is 6.16. The van der Waals surface area contributed by atoms with Crippen molar-refractivity contribution in [1.82, 2.24) is 4.90 Å². The number of hydrogen-bond donors (Lipinski definition) is 1. The van der Waals surface area contributed by atoms with Crippen molar-refractivity contribution in [3.05, 3.63) is 35.9 Å². The zero-order valence-electron chi connectivity index (χ0n) is 12.1. The highest BCUT2D eigenvalue weighted by molar-refractivity contribution is 5.15. The molecule has 1 aliphatic carbocycles. The highest BCUT2D eigenvalue weighted by Crippen LogP contribution is 2.43. The van der Waals surface area contributed by atoms with Crippen LogP contribution in [0.1, 0.15) is 37.7 Å². The largest absolute Gasteiger partial charge is 0.395 e. The van der Waals surface area contributed by atoms with E-state index >= 15 is 0 Å². The van der Waals surface area contributed by atoms with Crippen LogP contribution >= 0.6 is 0 Å². The van der Waals surface area contributed by atoms with Gasteiger partial charge in [0.05, 0.1) is 12.2 Å². The molecule has 1 aromatic rings. The van der Waals surface area contributed by atoms with Gasteiger partial charge >= 0.3 is 0 Å². The standard InChI is InChI=1S/C17H25NO2/c19-12-11-18(14-15-6-2-1-3-7-15)16-8-13-20-17(16)9-4-5-10-17/h1-3,6-7,16,19H,4-5,8-14H2. The minimum absolute atomic E-state index is 0.0734. The van der Waals surface area contributed by atoms with Crippen LogP contribution in [-0.2, 0) is 11.3 Å². The molecule has 1 aliphatic heterocycles. The summed E-state index contributed by atoms with van der Waals surface area (Å²) in [6.07, 6.45) is 6.05. The average molecular weight is 275 g/mol. The molecule has 0 radical (unpaired) electrons. The number of benzene rings is 1. The van der Waals surface area contributed by atoms with Crippen molar-refractivity contribution in [2.45, 2.75) is 50.3 Å². The molecule has 0 amide bonds. The summed E-state index contributed by atoms with van der Waals surface area (Å²) in [7, 11) is 0. The number of ether oxygens (including phenoxy) is 1. The molecule has 3 nitrogen and oxygen atoms in total. The van der Waals surface area contributed by atoms with Gasteiger partial charge in [-0.25, -0.2) is 0 Å². The lowest BCUT2D eigenvalue weighted by Crippen LogP contribution is -2.49. The van der Waals surface area contributed by atoms with Crippen LogP contribution in [0.15, 0.2) is 30.3 Å². The third-order valence-corrected chi connectivity index (χ3v) is 4.89. The van der Waals surface area contributed by atoms with Crippen molar-refractivity contribution in [3.8, 4) is 0 Å². The topological polar surface area (TPSA) is 32.7 Å². The van der Waals surface area contributed by atoms with E-state index in [0.717, 1.165) is 26.1 Å². The summed E-state index contributed by atoms with van der Waals surface area (Å²) in [6, 6.07) is 11.0. The highest BCUT2D eigenvalue weighted by atomic mass is 16.5. The second-order valence-corrected chi connectivity index (χ2v) is 6.10. The number of aliphatic hydroxyl groups excluding tert-OH is 1. The second kappa shape index (κ2) is 6.25. The molecule has 1 spiro atoms. The van der Waals surface area contributed by atoms with Gasteiger partial charge in [0.1, 0.15) is 0 Å². The van der Waals surface area contributed by atoms with Crippen LogP contribution in [0.5, 0.6) is 0 Å². The van der Waals surface area contributed by atoms with E-state index in [1.54, 1.807) is 0 Å². The smallest absolute Gasteiger partial charge is 0.0837 e. The van der Waals surface area contributed by atoms with Crippen molar-refractivity contribution >= 4 is 0 Å². The highest BCUT2D eigenvalue weighted by Gasteiger charge is 2.48. The third-order valence-electron chi connectivity index (χ3n) is 4.89. The minimum atomic E-state index is 0.0734. The predicted octanol–water partition coefficient (Wildman–Crippen LogP) is 2.58. The first-order valence-corrected chi connectivity index (χ1v) is 7.87. The summed E-state index contributed by atoms with van der Waals surface area (Å²) >= 11 is 0. The number of nitrogens with zero attached hydrogens (tertiary/aromatic N) is 1. The maximum Gasteiger partial charge on any atom is 0.0837 e. The van der Waals surface area contributed by atoms with E-state index < -0.39 is 0 Å². The van der Waals surface area contributed by atoms with Crippen molar-refractivity contribution in [2.24, 2.45) is 0 Å². The molecule has 20 heavy (non-hydrogen) atoms. The molecule has 1 saturated heterocycles. The molecule has 1 N–H and O–H groups in total. The second-order valence-electron chi connectivity index (χ2n) is 6.10. The Labute approximate surface area is 121 Å². The first-order chi connectivity index (χ1) is 9.84. The van der Waals surface area contributed by atoms with Crippen molar-refractivity contribution in [2.75, 3.05) is 19.8 Å². The molecule has 1 atom stereocenters.